The first-order chi connectivity index (χ1) is 16.4. The zero-order valence-electron chi connectivity index (χ0n) is 17.9. The molecule has 176 valence electrons. The van der Waals surface area contributed by atoms with E-state index in [1.165, 1.54) is 25.4 Å². The summed E-state index contributed by atoms with van der Waals surface area (Å²) in [6, 6.07) is 14.2. The van der Waals surface area contributed by atoms with E-state index in [1.54, 1.807) is 6.07 Å². The second-order valence-electron chi connectivity index (χ2n) is 7.48. The topological polar surface area (TPSA) is 102 Å². The third-order valence-corrected chi connectivity index (χ3v) is 6.20. The Balaban J connectivity index is 1.34. The van der Waals surface area contributed by atoms with Crippen LogP contribution in [0.3, 0.4) is 0 Å². The van der Waals surface area contributed by atoms with Gasteiger partial charge in [-0.3, -0.25) is 9.97 Å². The maximum absolute atomic E-state index is 13.4. The Bertz CT molecular complexity index is 1320. The predicted molar refractivity (Wildman–Crippen MR) is 119 cm³/mol. The summed E-state index contributed by atoms with van der Waals surface area (Å²) in [4.78, 5) is 11.5. The predicted octanol–water partition coefficient (Wildman–Crippen LogP) is 4.22. The summed E-state index contributed by atoms with van der Waals surface area (Å²) in [6.45, 7) is -0.544. The van der Waals surface area contributed by atoms with Gasteiger partial charge in [-0.1, -0.05) is 30.3 Å². The third-order valence-electron chi connectivity index (χ3n) is 5.02. The smallest absolute Gasteiger partial charge is 0.433 e. The van der Waals surface area contributed by atoms with Gasteiger partial charge in [0.05, 0.1) is 30.0 Å². The maximum atomic E-state index is 13.4. The summed E-state index contributed by atoms with van der Waals surface area (Å²) in [5, 5.41) is 0.175. The minimum absolute atomic E-state index is 0.0519. The zero-order chi connectivity index (χ0) is 23.7. The molecule has 3 heterocycles. The molecule has 2 aromatic carbocycles. The van der Waals surface area contributed by atoms with Crippen LogP contribution in [0.25, 0.3) is 11.0 Å². The van der Waals surface area contributed by atoms with Crippen molar-refractivity contribution in [3.05, 3.63) is 66.0 Å². The quantitative estimate of drug-likeness (QED) is 0.390. The van der Waals surface area contributed by atoms with Crippen LogP contribution in [-0.4, -0.2) is 39.3 Å². The number of pyridine rings is 1. The number of alkyl halides is 2. The molecule has 4 aromatic rings. The van der Waals surface area contributed by atoms with Crippen LogP contribution >= 0.6 is 0 Å². The van der Waals surface area contributed by atoms with Gasteiger partial charge in [-0.2, -0.15) is 13.8 Å². The molecule has 1 N–H and O–H groups in total. The number of aromatic amines is 1. The van der Waals surface area contributed by atoms with Crippen LogP contribution in [0, 0.1) is 0 Å². The van der Waals surface area contributed by atoms with Crippen molar-refractivity contribution in [3.8, 4) is 23.0 Å². The molecule has 0 aliphatic carbocycles. The van der Waals surface area contributed by atoms with E-state index in [-0.39, 0.29) is 22.4 Å². The van der Waals surface area contributed by atoms with Crippen molar-refractivity contribution in [2.45, 2.75) is 23.6 Å². The fraction of sp³-hybridized carbons (Fsp3) is 0.217. The number of halogens is 2. The van der Waals surface area contributed by atoms with Gasteiger partial charge in [0, 0.05) is 29.4 Å². The first-order valence-electron chi connectivity index (χ1n) is 10.2. The number of fused-ring (bicyclic) bond motifs is 2. The highest BCUT2D eigenvalue weighted by atomic mass is 32.2. The number of aromatic nitrogens is 3. The average Bonchev–Trinajstić information content (AvgIpc) is 3.24. The molecular weight excluding hydrogens is 468 g/mol. The molecule has 0 saturated carbocycles. The van der Waals surface area contributed by atoms with Gasteiger partial charge in [0.15, 0.2) is 35.4 Å². The lowest BCUT2D eigenvalue weighted by Gasteiger charge is -2.25. The van der Waals surface area contributed by atoms with E-state index >= 15 is 0 Å². The zero-order valence-corrected chi connectivity index (χ0v) is 18.7. The molecule has 34 heavy (non-hydrogen) atoms. The summed E-state index contributed by atoms with van der Waals surface area (Å²) in [5.41, 5.74) is 2.32. The Morgan fingerprint density at radius 3 is 2.76 bits per heavy atom. The van der Waals surface area contributed by atoms with Crippen molar-refractivity contribution < 1.29 is 32.3 Å². The van der Waals surface area contributed by atoms with Crippen molar-refractivity contribution >= 4 is 22.2 Å². The molecule has 0 bridgehead atoms. The van der Waals surface area contributed by atoms with Gasteiger partial charge in [0.2, 0.25) is 0 Å². The summed E-state index contributed by atoms with van der Waals surface area (Å²) < 4.78 is 60.8. The van der Waals surface area contributed by atoms with Crippen molar-refractivity contribution in [3.63, 3.8) is 0 Å². The highest BCUT2D eigenvalue weighted by Crippen LogP contribution is 2.39. The first kappa shape index (κ1) is 22.2. The van der Waals surface area contributed by atoms with Gasteiger partial charge in [-0.05, 0) is 5.56 Å². The molecule has 1 aliphatic heterocycles. The number of nitrogens with one attached hydrogen (secondary N) is 1. The summed E-state index contributed by atoms with van der Waals surface area (Å²) >= 11 is -1.60. The van der Waals surface area contributed by atoms with Crippen LogP contribution in [-0.2, 0) is 23.5 Å². The van der Waals surface area contributed by atoms with E-state index in [9.17, 15) is 13.3 Å². The second-order valence-corrected chi connectivity index (χ2v) is 8.84. The first-order valence-corrected chi connectivity index (χ1v) is 11.5. The number of hydrogen-bond donors (Lipinski definition) is 1. The Labute approximate surface area is 196 Å². The van der Waals surface area contributed by atoms with Gasteiger partial charge in [0.25, 0.3) is 0 Å². The lowest BCUT2D eigenvalue weighted by molar-refractivity contribution is -0.208. The molecule has 11 heteroatoms. The molecule has 2 aromatic heterocycles. The number of rotatable bonds is 7. The van der Waals surface area contributed by atoms with E-state index in [0.29, 0.717) is 34.8 Å². The largest absolute Gasteiger partial charge is 0.609 e. The molecule has 0 radical (unpaired) electrons. The van der Waals surface area contributed by atoms with Gasteiger partial charge >= 0.3 is 11.3 Å². The summed E-state index contributed by atoms with van der Waals surface area (Å²) in [5.74, 6) is 1.02. The molecule has 1 atom stereocenters. The van der Waals surface area contributed by atoms with Gasteiger partial charge in [0.1, 0.15) is 6.61 Å². The minimum Gasteiger partial charge on any atom is -0.609 e. The van der Waals surface area contributed by atoms with E-state index in [1.807, 2.05) is 30.3 Å². The Morgan fingerprint density at radius 2 is 1.97 bits per heavy atom. The maximum Gasteiger partial charge on any atom is 0.433 e. The Hall–Kier alpha value is -3.57. The molecule has 1 unspecified atom stereocenters. The lowest BCUT2D eigenvalue weighted by Crippen LogP contribution is -2.35. The molecule has 1 aliphatic rings. The molecule has 0 spiro atoms. The molecule has 5 rings (SSSR count). The number of benzene rings is 2. The van der Waals surface area contributed by atoms with E-state index in [2.05, 4.69) is 19.7 Å². The SMILES string of the molecule is COc1cnc(C[S+]([O-])c2nc3cc4c(cc3[nH]2)OCC(F)(F)O4)cc1OCc1ccccc1. The number of H-pyrrole nitrogens is 1. The van der Waals surface area contributed by atoms with Crippen molar-refractivity contribution in [1.29, 1.82) is 0 Å². The highest BCUT2D eigenvalue weighted by Gasteiger charge is 2.38. The molecule has 0 fully saturated rings. The number of imidazole rings is 1. The van der Waals surface area contributed by atoms with Crippen molar-refractivity contribution in [1.82, 2.24) is 15.0 Å². The lowest BCUT2D eigenvalue weighted by atomic mass is 10.2. The van der Waals surface area contributed by atoms with Gasteiger partial charge in [-0.25, -0.2) is 0 Å². The van der Waals surface area contributed by atoms with E-state index in [0.717, 1.165) is 5.56 Å². The van der Waals surface area contributed by atoms with Crippen LogP contribution in [0.1, 0.15) is 11.3 Å². The Kier molecular flexibility index (Phi) is 5.88. The van der Waals surface area contributed by atoms with Crippen LogP contribution in [0.2, 0.25) is 0 Å². The number of ether oxygens (including phenoxy) is 4. The number of nitrogens with zero attached hydrogens (tertiary/aromatic N) is 2. The molecular formula is C23H19F2N3O5S. The van der Waals surface area contributed by atoms with E-state index in [4.69, 9.17) is 14.2 Å². The summed E-state index contributed by atoms with van der Waals surface area (Å²) in [6.07, 6.45) is -1.91. The van der Waals surface area contributed by atoms with Crippen LogP contribution in [0.15, 0.2) is 59.9 Å². The molecule has 0 saturated heterocycles. The molecule has 8 nitrogen and oxygen atoms in total. The molecule has 0 amide bonds. The van der Waals surface area contributed by atoms with Crippen LogP contribution in [0.4, 0.5) is 8.78 Å². The Morgan fingerprint density at radius 1 is 1.15 bits per heavy atom. The number of hydrogen-bond acceptors (Lipinski definition) is 7. The van der Waals surface area contributed by atoms with Crippen LogP contribution in [0.5, 0.6) is 23.0 Å². The standard InChI is InChI=1S/C23H19F2N3O5S/c1-30-21-10-26-15(7-18(21)31-11-14-5-3-2-4-6-14)12-34(29)22-27-16-8-19-20(9-17(16)28-22)33-23(24,25)13-32-19/h2-10H,11-13H2,1H3,(H,27,28). The number of methoxy groups -OCH3 is 1. The fourth-order valence-corrected chi connectivity index (χ4v) is 4.38. The fourth-order valence-electron chi connectivity index (χ4n) is 3.39. The monoisotopic (exact) mass is 487 g/mol. The normalized spacial score (nSPS) is 15.2. The van der Waals surface area contributed by atoms with Crippen molar-refractivity contribution in [2.24, 2.45) is 0 Å². The third kappa shape index (κ3) is 4.70. The van der Waals surface area contributed by atoms with Gasteiger partial charge in [-0.15, -0.1) is 0 Å². The minimum atomic E-state index is -3.41. The second kappa shape index (κ2) is 8.99. The summed E-state index contributed by atoms with van der Waals surface area (Å²) in [7, 11) is 1.52. The highest BCUT2D eigenvalue weighted by molar-refractivity contribution is 7.90. The van der Waals surface area contributed by atoms with Gasteiger partial charge < -0.3 is 23.5 Å². The van der Waals surface area contributed by atoms with Crippen molar-refractivity contribution in [2.75, 3.05) is 13.7 Å². The van der Waals surface area contributed by atoms with Crippen LogP contribution < -0.4 is 18.9 Å². The average molecular weight is 487 g/mol. The van der Waals surface area contributed by atoms with E-state index < -0.39 is 23.9 Å².